The highest BCUT2D eigenvalue weighted by Crippen LogP contribution is 2.18. The van der Waals surface area contributed by atoms with E-state index in [1.807, 2.05) is 18.2 Å². The summed E-state index contributed by atoms with van der Waals surface area (Å²) < 4.78 is 11.8. The van der Waals surface area contributed by atoms with Crippen molar-refractivity contribution >= 4 is 11.1 Å². The molecule has 0 fully saturated rings. The summed E-state index contributed by atoms with van der Waals surface area (Å²) in [5, 5.41) is 0. The molecule has 0 atom stereocenters. The van der Waals surface area contributed by atoms with Gasteiger partial charge in [0.1, 0.15) is 0 Å². The predicted octanol–water partition coefficient (Wildman–Crippen LogP) is 1.52. The molecule has 0 radical (unpaired) electrons. The van der Waals surface area contributed by atoms with Gasteiger partial charge in [0.25, 0.3) is 0 Å². The molecule has 1 aliphatic heterocycles. The van der Waals surface area contributed by atoms with Crippen LogP contribution >= 0.6 is 0 Å². The van der Waals surface area contributed by atoms with Crippen molar-refractivity contribution in [1.82, 2.24) is 9.47 Å². The average Bonchev–Trinajstić information content (AvgIpc) is 2.97. The maximum atomic E-state index is 11.5. The van der Waals surface area contributed by atoms with Crippen LogP contribution in [0, 0.1) is 0 Å². The van der Waals surface area contributed by atoms with E-state index in [0.29, 0.717) is 12.2 Å². The van der Waals surface area contributed by atoms with Crippen LogP contribution in [-0.4, -0.2) is 36.3 Å². The Balaban J connectivity index is 1.76. The number of aromatic nitrogens is 1. The molecule has 5 nitrogen and oxygen atoms in total. The Labute approximate surface area is 117 Å². The maximum Gasteiger partial charge on any atom is 0.419 e. The van der Waals surface area contributed by atoms with Gasteiger partial charge in [-0.25, -0.2) is 4.79 Å². The average molecular weight is 274 g/mol. The summed E-state index contributed by atoms with van der Waals surface area (Å²) in [5.41, 5.74) is 3.99. The van der Waals surface area contributed by atoms with Gasteiger partial charge in [-0.05, 0) is 23.3 Å². The summed E-state index contributed by atoms with van der Waals surface area (Å²) in [7, 11) is 3.45. The van der Waals surface area contributed by atoms with Crippen LogP contribution < -0.4 is 5.76 Å². The van der Waals surface area contributed by atoms with E-state index in [-0.39, 0.29) is 5.76 Å². The first-order valence-electron chi connectivity index (χ1n) is 6.65. The molecule has 0 spiro atoms. The zero-order valence-electron chi connectivity index (χ0n) is 11.8. The van der Waals surface area contributed by atoms with Gasteiger partial charge in [-0.3, -0.25) is 9.47 Å². The summed E-state index contributed by atoms with van der Waals surface area (Å²) in [6.45, 7) is 3.45. The second kappa shape index (κ2) is 5.26. The number of rotatable bonds is 4. The molecule has 2 aromatic rings. The van der Waals surface area contributed by atoms with Crippen LogP contribution in [0.2, 0.25) is 0 Å². The monoisotopic (exact) mass is 274 g/mol. The third-order valence-corrected chi connectivity index (χ3v) is 3.66. The van der Waals surface area contributed by atoms with Gasteiger partial charge in [-0.2, -0.15) is 0 Å². The molecule has 0 saturated heterocycles. The van der Waals surface area contributed by atoms with Crippen molar-refractivity contribution in [1.29, 1.82) is 0 Å². The number of ether oxygens (including phenoxy) is 1. The van der Waals surface area contributed by atoms with Crippen molar-refractivity contribution in [3.8, 4) is 0 Å². The number of oxazole rings is 1. The van der Waals surface area contributed by atoms with Crippen LogP contribution in [0.5, 0.6) is 0 Å². The summed E-state index contributed by atoms with van der Waals surface area (Å²) in [5.74, 6) is -0.317. The maximum absolute atomic E-state index is 11.5. The van der Waals surface area contributed by atoms with E-state index in [0.717, 1.165) is 25.2 Å². The van der Waals surface area contributed by atoms with E-state index >= 15 is 0 Å². The zero-order chi connectivity index (χ0) is 14.1. The Morgan fingerprint density at radius 2 is 2.25 bits per heavy atom. The highest BCUT2D eigenvalue weighted by Gasteiger charge is 2.15. The van der Waals surface area contributed by atoms with Crippen LogP contribution in [0.3, 0.4) is 0 Å². The number of methoxy groups -OCH3 is 1. The van der Waals surface area contributed by atoms with Gasteiger partial charge in [-0.1, -0.05) is 12.1 Å². The number of benzene rings is 1. The fourth-order valence-corrected chi connectivity index (χ4v) is 2.61. The van der Waals surface area contributed by atoms with Crippen molar-refractivity contribution < 1.29 is 9.15 Å². The Bertz CT molecular complexity index is 711. The Kier molecular flexibility index (Phi) is 3.46. The smallest absolute Gasteiger partial charge is 0.408 e. The van der Waals surface area contributed by atoms with Crippen molar-refractivity contribution in [2.75, 3.05) is 26.8 Å². The minimum atomic E-state index is -0.317. The topological polar surface area (TPSA) is 47.6 Å². The van der Waals surface area contributed by atoms with Crippen LogP contribution in [0.25, 0.3) is 11.1 Å². The molecule has 3 rings (SSSR count). The Hall–Kier alpha value is -1.85. The number of aryl methyl sites for hydroxylation is 1. The third-order valence-electron chi connectivity index (χ3n) is 3.66. The molecule has 5 heteroatoms. The van der Waals surface area contributed by atoms with Gasteiger partial charge in [0.15, 0.2) is 5.58 Å². The number of hydrogen-bond donors (Lipinski definition) is 0. The van der Waals surface area contributed by atoms with Crippen molar-refractivity contribution in [2.45, 2.75) is 6.54 Å². The molecule has 2 heterocycles. The molecule has 0 saturated carbocycles. The lowest BCUT2D eigenvalue weighted by Gasteiger charge is -2.15. The highest BCUT2D eigenvalue weighted by molar-refractivity contribution is 5.73. The van der Waals surface area contributed by atoms with Gasteiger partial charge in [0, 0.05) is 33.8 Å². The van der Waals surface area contributed by atoms with Crippen molar-refractivity contribution in [2.24, 2.45) is 7.05 Å². The van der Waals surface area contributed by atoms with E-state index < -0.39 is 0 Å². The summed E-state index contributed by atoms with van der Waals surface area (Å²) in [4.78, 5) is 13.8. The molecule has 0 bridgehead atoms. The minimum Gasteiger partial charge on any atom is -0.408 e. The second-order valence-corrected chi connectivity index (χ2v) is 5.19. The fourth-order valence-electron chi connectivity index (χ4n) is 2.61. The molecule has 20 heavy (non-hydrogen) atoms. The molecule has 106 valence electrons. The number of fused-ring (bicyclic) bond motifs is 1. The first kappa shape index (κ1) is 13.1. The lowest BCUT2D eigenvalue weighted by molar-refractivity contribution is 0.218. The van der Waals surface area contributed by atoms with Gasteiger partial charge >= 0.3 is 5.76 Å². The van der Waals surface area contributed by atoms with Gasteiger partial charge < -0.3 is 9.15 Å². The molecular weight excluding hydrogens is 256 g/mol. The van der Waals surface area contributed by atoms with E-state index in [1.165, 1.54) is 15.7 Å². The normalized spacial score (nSPS) is 16.0. The molecule has 0 aliphatic carbocycles. The largest absolute Gasteiger partial charge is 0.419 e. The number of nitrogens with zero attached hydrogens (tertiary/aromatic N) is 2. The first-order chi connectivity index (χ1) is 9.67. The second-order valence-electron chi connectivity index (χ2n) is 5.19. The van der Waals surface area contributed by atoms with E-state index in [2.05, 4.69) is 11.0 Å². The minimum absolute atomic E-state index is 0.317. The van der Waals surface area contributed by atoms with Crippen molar-refractivity contribution in [3.63, 3.8) is 0 Å². The standard InChI is InChI=1S/C15H18N2O3/c1-16-13-7-11(3-4-14(13)20-15(16)18)8-17-6-5-12(9-17)10-19-2/h3-5,7H,6,8-10H2,1-2H3. The molecule has 1 aromatic carbocycles. The van der Waals surface area contributed by atoms with Crippen LogP contribution in [0.1, 0.15) is 5.56 Å². The highest BCUT2D eigenvalue weighted by atomic mass is 16.5. The third kappa shape index (κ3) is 2.42. The fraction of sp³-hybridized carbons (Fsp3) is 0.400. The summed E-state index contributed by atoms with van der Waals surface area (Å²) in [6, 6.07) is 5.90. The van der Waals surface area contributed by atoms with Gasteiger partial charge in [-0.15, -0.1) is 0 Å². The molecular formula is C15H18N2O3. The quantitative estimate of drug-likeness (QED) is 0.793. The van der Waals surface area contributed by atoms with E-state index in [4.69, 9.17) is 9.15 Å². The summed E-state index contributed by atoms with van der Waals surface area (Å²) >= 11 is 0. The zero-order valence-corrected chi connectivity index (χ0v) is 11.8. The Morgan fingerprint density at radius 3 is 3.05 bits per heavy atom. The Morgan fingerprint density at radius 1 is 1.40 bits per heavy atom. The van der Waals surface area contributed by atoms with Crippen LogP contribution in [0.15, 0.2) is 39.1 Å². The molecule has 1 aliphatic rings. The molecule has 1 aromatic heterocycles. The number of hydrogen-bond acceptors (Lipinski definition) is 4. The van der Waals surface area contributed by atoms with Gasteiger partial charge in [0.2, 0.25) is 0 Å². The van der Waals surface area contributed by atoms with Crippen molar-refractivity contribution in [3.05, 3.63) is 46.0 Å². The van der Waals surface area contributed by atoms with Gasteiger partial charge in [0.05, 0.1) is 12.1 Å². The SMILES string of the molecule is COCC1=CCN(Cc2ccc3oc(=O)n(C)c3c2)C1. The van der Waals surface area contributed by atoms with E-state index in [1.54, 1.807) is 14.2 Å². The lowest BCUT2D eigenvalue weighted by Crippen LogP contribution is -2.21. The first-order valence-corrected chi connectivity index (χ1v) is 6.65. The predicted molar refractivity (Wildman–Crippen MR) is 76.7 cm³/mol. The molecule has 0 unspecified atom stereocenters. The van der Waals surface area contributed by atoms with Crippen LogP contribution in [0.4, 0.5) is 0 Å². The van der Waals surface area contributed by atoms with Crippen LogP contribution in [-0.2, 0) is 18.3 Å². The molecule has 0 N–H and O–H groups in total. The molecule has 0 amide bonds. The lowest BCUT2D eigenvalue weighted by atomic mass is 10.2. The summed E-state index contributed by atoms with van der Waals surface area (Å²) in [6.07, 6.45) is 2.22. The van der Waals surface area contributed by atoms with E-state index in [9.17, 15) is 4.79 Å².